The summed E-state index contributed by atoms with van der Waals surface area (Å²) in [5, 5.41) is 0. The molecule has 1 aliphatic rings. The zero-order valence-electron chi connectivity index (χ0n) is 11.6. The number of hydrogen-bond acceptors (Lipinski definition) is 1. The van der Waals surface area contributed by atoms with Gasteiger partial charge in [0.2, 0.25) is 0 Å². The standard InChI is InChI=1S/C18H21N/c1-14-6-5-9-18(19-14)17-12-10-16(11-13-17)15-7-3-2-4-8-15/h5-6,9-13,15H,2-4,7-8H2,1H3. The van der Waals surface area contributed by atoms with E-state index in [0.29, 0.717) is 0 Å². The number of pyridine rings is 1. The third kappa shape index (κ3) is 2.86. The van der Waals surface area contributed by atoms with Crippen LogP contribution in [0.2, 0.25) is 0 Å². The van der Waals surface area contributed by atoms with Crippen molar-refractivity contribution in [3.63, 3.8) is 0 Å². The van der Waals surface area contributed by atoms with Crippen molar-refractivity contribution in [1.29, 1.82) is 0 Å². The summed E-state index contributed by atoms with van der Waals surface area (Å²) in [7, 11) is 0. The van der Waals surface area contributed by atoms with Crippen LogP contribution in [0.4, 0.5) is 0 Å². The number of benzene rings is 1. The van der Waals surface area contributed by atoms with Crippen LogP contribution in [0, 0.1) is 6.92 Å². The maximum atomic E-state index is 4.59. The molecular formula is C18H21N. The van der Waals surface area contributed by atoms with Crippen molar-refractivity contribution >= 4 is 0 Å². The molecule has 0 atom stereocenters. The fourth-order valence-corrected chi connectivity index (χ4v) is 3.07. The highest BCUT2D eigenvalue weighted by Gasteiger charge is 2.15. The van der Waals surface area contributed by atoms with Gasteiger partial charge in [0.25, 0.3) is 0 Å². The highest BCUT2D eigenvalue weighted by molar-refractivity contribution is 5.59. The van der Waals surface area contributed by atoms with Crippen molar-refractivity contribution in [1.82, 2.24) is 4.98 Å². The van der Waals surface area contributed by atoms with E-state index in [1.54, 1.807) is 0 Å². The molecule has 2 aromatic rings. The SMILES string of the molecule is Cc1cccc(-c2ccc(C3CCCCC3)cc2)n1. The van der Waals surface area contributed by atoms with E-state index < -0.39 is 0 Å². The van der Waals surface area contributed by atoms with Gasteiger partial charge in [-0.25, -0.2) is 0 Å². The molecule has 1 heteroatoms. The molecule has 1 saturated carbocycles. The Bertz CT molecular complexity index is 536. The molecule has 0 unspecified atom stereocenters. The molecule has 19 heavy (non-hydrogen) atoms. The van der Waals surface area contributed by atoms with E-state index in [-0.39, 0.29) is 0 Å². The summed E-state index contributed by atoms with van der Waals surface area (Å²) >= 11 is 0. The number of aromatic nitrogens is 1. The van der Waals surface area contributed by atoms with E-state index in [4.69, 9.17) is 0 Å². The molecule has 3 rings (SSSR count). The first kappa shape index (κ1) is 12.4. The minimum absolute atomic E-state index is 0.785. The Morgan fingerprint density at radius 2 is 1.63 bits per heavy atom. The lowest BCUT2D eigenvalue weighted by molar-refractivity contribution is 0.443. The quantitative estimate of drug-likeness (QED) is 0.723. The maximum Gasteiger partial charge on any atom is 0.0705 e. The molecule has 0 saturated heterocycles. The van der Waals surface area contributed by atoms with E-state index in [0.717, 1.165) is 17.3 Å². The molecule has 1 nitrogen and oxygen atoms in total. The average Bonchev–Trinajstić information content (AvgIpc) is 2.48. The lowest BCUT2D eigenvalue weighted by Gasteiger charge is -2.22. The minimum atomic E-state index is 0.785. The van der Waals surface area contributed by atoms with Crippen LogP contribution in [-0.4, -0.2) is 4.98 Å². The van der Waals surface area contributed by atoms with Gasteiger partial charge in [0, 0.05) is 11.3 Å². The van der Waals surface area contributed by atoms with E-state index >= 15 is 0 Å². The molecular weight excluding hydrogens is 230 g/mol. The summed E-state index contributed by atoms with van der Waals surface area (Å²) in [6.45, 7) is 2.04. The van der Waals surface area contributed by atoms with Crippen LogP contribution >= 0.6 is 0 Å². The first-order chi connectivity index (χ1) is 9.33. The Morgan fingerprint density at radius 1 is 0.895 bits per heavy atom. The largest absolute Gasteiger partial charge is 0.253 e. The summed E-state index contributed by atoms with van der Waals surface area (Å²) in [5.41, 5.74) is 4.89. The minimum Gasteiger partial charge on any atom is -0.253 e. The molecule has 98 valence electrons. The second-order valence-corrected chi connectivity index (χ2v) is 5.62. The molecule has 1 aromatic heterocycles. The van der Waals surface area contributed by atoms with Gasteiger partial charge in [-0.2, -0.15) is 0 Å². The number of aryl methyl sites for hydroxylation is 1. The molecule has 1 heterocycles. The van der Waals surface area contributed by atoms with Gasteiger partial charge in [0.05, 0.1) is 5.69 Å². The van der Waals surface area contributed by atoms with Gasteiger partial charge in [-0.15, -0.1) is 0 Å². The summed E-state index contributed by atoms with van der Waals surface area (Å²) in [4.78, 5) is 4.59. The second kappa shape index (κ2) is 5.56. The molecule has 1 aliphatic carbocycles. The van der Waals surface area contributed by atoms with Crippen LogP contribution in [0.5, 0.6) is 0 Å². The molecule has 0 spiro atoms. The molecule has 0 N–H and O–H groups in total. The number of nitrogens with zero attached hydrogens (tertiary/aromatic N) is 1. The van der Waals surface area contributed by atoms with Crippen molar-refractivity contribution in [2.75, 3.05) is 0 Å². The van der Waals surface area contributed by atoms with Crippen molar-refractivity contribution in [3.05, 3.63) is 53.7 Å². The predicted molar refractivity (Wildman–Crippen MR) is 80.2 cm³/mol. The van der Waals surface area contributed by atoms with Crippen molar-refractivity contribution in [3.8, 4) is 11.3 Å². The summed E-state index contributed by atoms with van der Waals surface area (Å²) in [5.74, 6) is 0.785. The van der Waals surface area contributed by atoms with E-state index in [9.17, 15) is 0 Å². The molecule has 1 fully saturated rings. The smallest absolute Gasteiger partial charge is 0.0705 e. The molecule has 0 radical (unpaired) electrons. The number of hydrogen-bond donors (Lipinski definition) is 0. The maximum absolute atomic E-state index is 4.59. The zero-order valence-corrected chi connectivity index (χ0v) is 11.6. The van der Waals surface area contributed by atoms with Crippen LogP contribution in [0.3, 0.4) is 0 Å². The van der Waals surface area contributed by atoms with Gasteiger partial charge < -0.3 is 0 Å². The van der Waals surface area contributed by atoms with Crippen LogP contribution < -0.4 is 0 Å². The van der Waals surface area contributed by atoms with Crippen LogP contribution in [-0.2, 0) is 0 Å². The van der Waals surface area contributed by atoms with E-state index in [1.807, 2.05) is 13.0 Å². The lowest BCUT2D eigenvalue weighted by Crippen LogP contribution is -2.04. The molecule has 0 amide bonds. The van der Waals surface area contributed by atoms with Crippen molar-refractivity contribution < 1.29 is 0 Å². The van der Waals surface area contributed by atoms with Gasteiger partial charge in [0.15, 0.2) is 0 Å². The Hall–Kier alpha value is -1.63. The monoisotopic (exact) mass is 251 g/mol. The van der Waals surface area contributed by atoms with Gasteiger partial charge in [-0.3, -0.25) is 4.98 Å². The fraction of sp³-hybridized carbons (Fsp3) is 0.389. The van der Waals surface area contributed by atoms with E-state index in [1.165, 1.54) is 43.2 Å². The van der Waals surface area contributed by atoms with E-state index in [2.05, 4.69) is 41.4 Å². The summed E-state index contributed by atoms with van der Waals surface area (Å²) in [6.07, 6.45) is 6.93. The second-order valence-electron chi connectivity index (χ2n) is 5.62. The van der Waals surface area contributed by atoms with Crippen LogP contribution in [0.1, 0.15) is 49.3 Å². The number of rotatable bonds is 2. The first-order valence-corrected chi connectivity index (χ1v) is 7.37. The van der Waals surface area contributed by atoms with Gasteiger partial charge in [-0.1, -0.05) is 49.6 Å². The summed E-state index contributed by atoms with van der Waals surface area (Å²) in [6, 6.07) is 15.3. The molecule has 0 bridgehead atoms. The zero-order chi connectivity index (χ0) is 13.1. The average molecular weight is 251 g/mol. The first-order valence-electron chi connectivity index (χ1n) is 7.37. The highest BCUT2D eigenvalue weighted by atomic mass is 14.7. The van der Waals surface area contributed by atoms with Crippen molar-refractivity contribution in [2.45, 2.75) is 44.9 Å². The third-order valence-electron chi connectivity index (χ3n) is 4.17. The topological polar surface area (TPSA) is 12.9 Å². The van der Waals surface area contributed by atoms with Crippen molar-refractivity contribution in [2.24, 2.45) is 0 Å². The highest BCUT2D eigenvalue weighted by Crippen LogP contribution is 2.33. The molecule has 0 aliphatic heterocycles. The van der Waals surface area contributed by atoms with Gasteiger partial charge in [0.1, 0.15) is 0 Å². The lowest BCUT2D eigenvalue weighted by atomic mass is 9.84. The Morgan fingerprint density at radius 3 is 2.32 bits per heavy atom. The molecule has 1 aromatic carbocycles. The van der Waals surface area contributed by atoms with Gasteiger partial charge in [-0.05, 0) is 43.4 Å². The normalized spacial score (nSPS) is 16.5. The Balaban J connectivity index is 1.82. The summed E-state index contributed by atoms with van der Waals surface area (Å²) < 4.78 is 0. The van der Waals surface area contributed by atoms with Crippen LogP contribution in [0.25, 0.3) is 11.3 Å². The van der Waals surface area contributed by atoms with Crippen LogP contribution in [0.15, 0.2) is 42.5 Å². The fourth-order valence-electron chi connectivity index (χ4n) is 3.07. The predicted octanol–water partition coefficient (Wildman–Crippen LogP) is 5.10. The van der Waals surface area contributed by atoms with Gasteiger partial charge >= 0.3 is 0 Å². The Kier molecular flexibility index (Phi) is 3.63. The third-order valence-corrected chi connectivity index (χ3v) is 4.17. The Labute approximate surface area is 115 Å².